The van der Waals surface area contributed by atoms with Gasteiger partial charge in [-0.3, -0.25) is 9.69 Å². The number of carbonyl (C=O) groups is 1. The maximum Gasteiger partial charge on any atom is 0.224 e. The Hall–Kier alpha value is -1.65. The Kier molecular flexibility index (Phi) is 6.65. The predicted octanol–water partition coefficient (Wildman–Crippen LogP) is 4.29. The average Bonchev–Trinajstić information content (AvgIpc) is 2.64. The summed E-state index contributed by atoms with van der Waals surface area (Å²) in [6.45, 7) is 3.95. The molecule has 132 valence electrons. The summed E-state index contributed by atoms with van der Waals surface area (Å²) < 4.78 is 1.03. The Labute approximate surface area is 158 Å². The van der Waals surface area contributed by atoms with E-state index in [-0.39, 0.29) is 5.91 Å². The first-order chi connectivity index (χ1) is 12.2. The van der Waals surface area contributed by atoms with E-state index in [1.165, 1.54) is 43.5 Å². The number of hydrogen-bond acceptors (Lipinski definition) is 2. The molecule has 1 saturated heterocycles. The van der Waals surface area contributed by atoms with Crippen LogP contribution in [0.1, 0.15) is 36.0 Å². The summed E-state index contributed by atoms with van der Waals surface area (Å²) in [6, 6.07) is 16.3. The van der Waals surface area contributed by atoms with Gasteiger partial charge >= 0.3 is 0 Å². The number of benzene rings is 2. The molecule has 3 nitrogen and oxygen atoms in total. The molecule has 25 heavy (non-hydrogen) atoms. The summed E-state index contributed by atoms with van der Waals surface area (Å²) in [6.07, 6.45) is 4.37. The van der Waals surface area contributed by atoms with Crippen LogP contribution in [0, 0.1) is 0 Å². The average molecular weight is 401 g/mol. The van der Waals surface area contributed by atoms with E-state index in [0.29, 0.717) is 13.0 Å². The molecule has 2 aromatic rings. The summed E-state index contributed by atoms with van der Waals surface area (Å²) in [5, 5.41) is 3.07. The number of nitrogens with zero attached hydrogens (tertiary/aromatic N) is 1. The smallest absolute Gasteiger partial charge is 0.224 e. The van der Waals surface area contributed by atoms with Crippen LogP contribution in [-0.4, -0.2) is 23.9 Å². The molecule has 0 spiro atoms. The van der Waals surface area contributed by atoms with Crippen molar-refractivity contribution >= 4 is 21.8 Å². The first-order valence-corrected chi connectivity index (χ1v) is 9.80. The summed E-state index contributed by atoms with van der Waals surface area (Å²) in [4.78, 5) is 14.8. The number of amides is 1. The molecule has 1 aliphatic heterocycles. The zero-order valence-electron chi connectivity index (χ0n) is 14.5. The van der Waals surface area contributed by atoms with Gasteiger partial charge in [0, 0.05) is 17.6 Å². The second kappa shape index (κ2) is 9.16. The Morgan fingerprint density at radius 1 is 0.960 bits per heavy atom. The zero-order valence-corrected chi connectivity index (χ0v) is 16.1. The van der Waals surface area contributed by atoms with Crippen molar-refractivity contribution in [3.8, 4) is 0 Å². The topological polar surface area (TPSA) is 32.3 Å². The van der Waals surface area contributed by atoms with E-state index in [1.807, 2.05) is 24.3 Å². The number of rotatable bonds is 6. The highest BCUT2D eigenvalue weighted by molar-refractivity contribution is 9.10. The van der Waals surface area contributed by atoms with E-state index < -0.39 is 0 Å². The molecule has 1 aliphatic rings. The molecule has 0 radical (unpaired) electrons. The van der Waals surface area contributed by atoms with Crippen molar-refractivity contribution < 1.29 is 4.79 Å². The number of piperidine rings is 1. The second-order valence-corrected chi connectivity index (χ2v) is 7.60. The maximum atomic E-state index is 12.2. The summed E-state index contributed by atoms with van der Waals surface area (Å²) in [5.41, 5.74) is 3.58. The summed E-state index contributed by atoms with van der Waals surface area (Å²) >= 11 is 3.42. The molecule has 4 heteroatoms. The zero-order chi connectivity index (χ0) is 17.5. The third-order valence-corrected chi connectivity index (χ3v) is 5.24. The quantitative estimate of drug-likeness (QED) is 0.783. The minimum Gasteiger partial charge on any atom is -0.352 e. The normalized spacial score (nSPS) is 15.1. The fourth-order valence-electron chi connectivity index (χ4n) is 3.29. The molecule has 1 amide bonds. The van der Waals surface area contributed by atoms with Crippen LogP contribution in [0.15, 0.2) is 53.0 Å². The molecule has 1 N–H and O–H groups in total. The van der Waals surface area contributed by atoms with Crippen LogP contribution in [0.2, 0.25) is 0 Å². The van der Waals surface area contributed by atoms with Gasteiger partial charge in [-0.15, -0.1) is 0 Å². The molecule has 0 saturated carbocycles. The molecule has 0 unspecified atom stereocenters. The molecule has 2 aromatic carbocycles. The molecule has 1 heterocycles. The SMILES string of the molecule is O=C(Cc1ccc(Br)cc1)NCc1ccccc1CN1CCCCC1. The van der Waals surface area contributed by atoms with Crippen molar-refractivity contribution in [2.24, 2.45) is 0 Å². The van der Waals surface area contributed by atoms with E-state index in [2.05, 4.69) is 50.4 Å². The van der Waals surface area contributed by atoms with Gasteiger partial charge in [0.1, 0.15) is 0 Å². The van der Waals surface area contributed by atoms with Gasteiger partial charge < -0.3 is 5.32 Å². The monoisotopic (exact) mass is 400 g/mol. The number of carbonyl (C=O) groups excluding carboxylic acids is 1. The van der Waals surface area contributed by atoms with Crippen LogP contribution in [0.4, 0.5) is 0 Å². The lowest BCUT2D eigenvalue weighted by atomic mass is 10.0. The van der Waals surface area contributed by atoms with E-state index in [9.17, 15) is 4.79 Å². The van der Waals surface area contributed by atoms with Crippen LogP contribution >= 0.6 is 15.9 Å². The molecule has 0 atom stereocenters. The van der Waals surface area contributed by atoms with Crippen LogP contribution in [0.25, 0.3) is 0 Å². The van der Waals surface area contributed by atoms with Crippen molar-refractivity contribution in [3.05, 3.63) is 69.7 Å². The van der Waals surface area contributed by atoms with Gasteiger partial charge in [0.05, 0.1) is 6.42 Å². The van der Waals surface area contributed by atoms with Gasteiger partial charge in [0.2, 0.25) is 5.91 Å². The summed E-state index contributed by atoms with van der Waals surface area (Å²) in [7, 11) is 0. The third kappa shape index (κ3) is 5.68. The van der Waals surface area contributed by atoms with Gasteiger partial charge in [-0.25, -0.2) is 0 Å². The highest BCUT2D eigenvalue weighted by Gasteiger charge is 2.12. The lowest BCUT2D eigenvalue weighted by molar-refractivity contribution is -0.120. The lowest BCUT2D eigenvalue weighted by Crippen LogP contribution is -2.30. The van der Waals surface area contributed by atoms with E-state index in [0.717, 1.165) is 16.6 Å². The number of likely N-dealkylation sites (tertiary alicyclic amines) is 1. The van der Waals surface area contributed by atoms with Crippen LogP contribution in [0.5, 0.6) is 0 Å². The van der Waals surface area contributed by atoms with Crippen LogP contribution in [-0.2, 0) is 24.3 Å². The fraction of sp³-hybridized carbons (Fsp3) is 0.381. The third-order valence-electron chi connectivity index (χ3n) is 4.71. The van der Waals surface area contributed by atoms with Crippen molar-refractivity contribution in [1.82, 2.24) is 10.2 Å². The first-order valence-electron chi connectivity index (χ1n) is 9.01. The van der Waals surface area contributed by atoms with Gasteiger partial charge in [0.15, 0.2) is 0 Å². The molecule has 0 bridgehead atoms. The predicted molar refractivity (Wildman–Crippen MR) is 105 cm³/mol. The molecule has 0 aromatic heterocycles. The second-order valence-electron chi connectivity index (χ2n) is 6.69. The van der Waals surface area contributed by atoms with E-state index in [1.54, 1.807) is 0 Å². The maximum absolute atomic E-state index is 12.2. The molecule has 3 rings (SSSR count). The highest BCUT2D eigenvalue weighted by atomic mass is 79.9. The van der Waals surface area contributed by atoms with Crippen molar-refractivity contribution in [2.45, 2.75) is 38.8 Å². The Bertz CT molecular complexity index is 693. The molecular weight excluding hydrogens is 376 g/mol. The van der Waals surface area contributed by atoms with Gasteiger partial charge in [0.25, 0.3) is 0 Å². The standard InChI is InChI=1S/C21H25BrN2O/c22-20-10-8-17(9-11-20)14-21(25)23-15-18-6-2-3-7-19(18)16-24-12-4-1-5-13-24/h2-3,6-11H,1,4-5,12-16H2,(H,23,25). The van der Waals surface area contributed by atoms with Gasteiger partial charge in [-0.1, -0.05) is 58.7 Å². The van der Waals surface area contributed by atoms with Crippen molar-refractivity contribution in [3.63, 3.8) is 0 Å². The minimum absolute atomic E-state index is 0.0649. The van der Waals surface area contributed by atoms with Gasteiger partial charge in [-0.2, -0.15) is 0 Å². The Balaban J connectivity index is 1.55. The number of nitrogens with one attached hydrogen (secondary N) is 1. The molecular formula is C21H25BrN2O. The van der Waals surface area contributed by atoms with Crippen molar-refractivity contribution in [1.29, 1.82) is 0 Å². The highest BCUT2D eigenvalue weighted by Crippen LogP contribution is 2.16. The van der Waals surface area contributed by atoms with Crippen LogP contribution in [0.3, 0.4) is 0 Å². The van der Waals surface area contributed by atoms with E-state index >= 15 is 0 Å². The Morgan fingerprint density at radius 3 is 2.36 bits per heavy atom. The minimum atomic E-state index is 0.0649. The Morgan fingerprint density at radius 2 is 1.64 bits per heavy atom. The van der Waals surface area contributed by atoms with Gasteiger partial charge in [-0.05, 0) is 54.8 Å². The summed E-state index contributed by atoms with van der Waals surface area (Å²) in [5.74, 6) is 0.0649. The molecule has 0 aliphatic carbocycles. The van der Waals surface area contributed by atoms with Crippen LogP contribution < -0.4 is 5.32 Å². The van der Waals surface area contributed by atoms with E-state index in [4.69, 9.17) is 0 Å². The fourth-order valence-corrected chi connectivity index (χ4v) is 3.55. The first kappa shape index (κ1) is 18.2. The largest absolute Gasteiger partial charge is 0.352 e. The lowest BCUT2D eigenvalue weighted by Gasteiger charge is -2.27. The number of hydrogen-bond donors (Lipinski definition) is 1. The molecule has 1 fully saturated rings. The van der Waals surface area contributed by atoms with Crippen molar-refractivity contribution in [2.75, 3.05) is 13.1 Å². The number of halogens is 1.